The second-order valence-electron chi connectivity index (χ2n) is 4.26. The van der Waals surface area contributed by atoms with Crippen molar-refractivity contribution < 1.29 is 13.2 Å². The van der Waals surface area contributed by atoms with Gasteiger partial charge in [-0.3, -0.25) is 9.36 Å². The number of aryl methyl sites for hydroxylation is 2. The Kier molecular flexibility index (Phi) is 3.25. The Bertz CT molecular complexity index is 582. The maximum absolute atomic E-state index is 12.5. The molecule has 0 aliphatic rings. The summed E-state index contributed by atoms with van der Waals surface area (Å²) < 4.78 is 40.4. The molecule has 2 heterocycles. The van der Waals surface area contributed by atoms with Gasteiger partial charge in [0.1, 0.15) is 0 Å². The normalized spacial score (nSPS) is 11.9. The van der Waals surface area contributed by atoms with Crippen LogP contribution in [0.2, 0.25) is 0 Å². The molecule has 5 nitrogen and oxygen atoms in total. The second kappa shape index (κ2) is 4.60. The molecule has 8 heteroatoms. The highest BCUT2D eigenvalue weighted by molar-refractivity contribution is 5.45. The number of hydrogen-bond donors (Lipinski definition) is 1. The van der Waals surface area contributed by atoms with Gasteiger partial charge in [0, 0.05) is 14.1 Å². The van der Waals surface area contributed by atoms with Gasteiger partial charge in [0.25, 0.3) is 0 Å². The largest absolute Gasteiger partial charge is 0.435 e. The van der Waals surface area contributed by atoms with E-state index in [1.165, 1.54) is 11.7 Å². The number of hydrogen-bond acceptors (Lipinski definition) is 3. The number of alkyl halides is 3. The van der Waals surface area contributed by atoms with Gasteiger partial charge in [0.15, 0.2) is 5.69 Å². The van der Waals surface area contributed by atoms with Crippen molar-refractivity contribution in [2.75, 3.05) is 5.32 Å². The van der Waals surface area contributed by atoms with E-state index in [1.54, 1.807) is 17.9 Å². The van der Waals surface area contributed by atoms with Crippen molar-refractivity contribution in [3.8, 4) is 0 Å². The highest BCUT2D eigenvalue weighted by atomic mass is 19.4. The van der Waals surface area contributed by atoms with Crippen molar-refractivity contribution in [2.45, 2.75) is 19.6 Å². The molecule has 2 aromatic heterocycles. The Balaban J connectivity index is 2.12. The van der Waals surface area contributed by atoms with Crippen molar-refractivity contribution in [3.63, 3.8) is 0 Å². The van der Waals surface area contributed by atoms with Crippen LogP contribution in [0, 0.1) is 6.92 Å². The van der Waals surface area contributed by atoms with Crippen molar-refractivity contribution >= 4 is 5.69 Å². The smallest absolute Gasteiger partial charge is 0.377 e. The van der Waals surface area contributed by atoms with Gasteiger partial charge in [-0.05, 0) is 13.0 Å². The number of halogens is 3. The molecule has 0 atom stereocenters. The van der Waals surface area contributed by atoms with Crippen LogP contribution in [0.4, 0.5) is 18.9 Å². The van der Waals surface area contributed by atoms with E-state index < -0.39 is 11.9 Å². The van der Waals surface area contributed by atoms with Crippen LogP contribution in [-0.2, 0) is 26.8 Å². The molecule has 2 aromatic rings. The van der Waals surface area contributed by atoms with Gasteiger partial charge in [-0.15, -0.1) is 0 Å². The van der Waals surface area contributed by atoms with Crippen LogP contribution in [0.3, 0.4) is 0 Å². The fraction of sp³-hybridized carbons (Fsp3) is 0.455. The predicted octanol–water partition coefficient (Wildman–Crippen LogP) is 2.09. The zero-order valence-electron chi connectivity index (χ0n) is 10.8. The van der Waals surface area contributed by atoms with Gasteiger partial charge in [-0.2, -0.15) is 23.4 Å². The first-order valence-corrected chi connectivity index (χ1v) is 5.61. The van der Waals surface area contributed by atoms with Crippen LogP contribution < -0.4 is 5.32 Å². The molecule has 2 rings (SSSR count). The van der Waals surface area contributed by atoms with Crippen molar-refractivity contribution in [1.29, 1.82) is 0 Å². The van der Waals surface area contributed by atoms with E-state index in [0.29, 0.717) is 5.69 Å². The lowest BCUT2D eigenvalue weighted by atomic mass is 10.3. The van der Waals surface area contributed by atoms with Gasteiger partial charge < -0.3 is 5.32 Å². The minimum Gasteiger partial charge on any atom is -0.377 e. The molecular formula is C11H14F3N5. The molecule has 0 unspecified atom stereocenters. The average Bonchev–Trinajstić information content (AvgIpc) is 2.82. The van der Waals surface area contributed by atoms with Crippen molar-refractivity contribution in [2.24, 2.45) is 14.1 Å². The number of anilines is 1. The fourth-order valence-corrected chi connectivity index (χ4v) is 1.67. The van der Waals surface area contributed by atoms with Crippen LogP contribution >= 0.6 is 0 Å². The van der Waals surface area contributed by atoms with E-state index in [-0.39, 0.29) is 6.54 Å². The summed E-state index contributed by atoms with van der Waals surface area (Å²) in [5.41, 5.74) is 1.28. The minimum absolute atomic E-state index is 0.256. The van der Waals surface area contributed by atoms with Gasteiger partial charge in [0.05, 0.1) is 29.8 Å². The Morgan fingerprint density at radius 1 is 1.26 bits per heavy atom. The molecule has 19 heavy (non-hydrogen) atoms. The van der Waals surface area contributed by atoms with E-state index in [9.17, 15) is 13.2 Å². The first kappa shape index (κ1) is 13.4. The first-order chi connectivity index (χ1) is 8.79. The van der Waals surface area contributed by atoms with Gasteiger partial charge in [-0.1, -0.05) is 0 Å². The summed E-state index contributed by atoms with van der Waals surface area (Å²) in [5, 5.41) is 10.5. The van der Waals surface area contributed by atoms with E-state index >= 15 is 0 Å². The lowest BCUT2D eigenvalue weighted by molar-refractivity contribution is -0.141. The van der Waals surface area contributed by atoms with Crippen LogP contribution in [0.25, 0.3) is 0 Å². The van der Waals surface area contributed by atoms with Crippen LogP contribution in [0.1, 0.15) is 17.1 Å². The summed E-state index contributed by atoms with van der Waals surface area (Å²) in [6, 6.07) is 1.04. The van der Waals surface area contributed by atoms with Gasteiger partial charge in [0.2, 0.25) is 0 Å². The number of rotatable bonds is 3. The third-order valence-electron chi connectivity index (χ3n) is 2.96. The molecule has 0 saturated heterocycles. The molecule has 0 aliphatic carbocycles. The van der Waals surface area contributed by atoms with Gasteiger partial charge >= 0.3 is 6.18 Å². The molecule has 0 saturated carbocycles. The number of nitrogens with one attached hydrogen (secondary N) is 1. The highest BCUT2D eigenvalue weighted by Gasteiger charge is 2.34. The monoisotopic (exact) mass is 273 g/mol. The van der Waals surface area contributed by atoms with Crippen LogP contribution in [-0.4, -0.2) is 19.6 Å². The van der Waals surface area contributed by atoms with E-state index in [2.05, 4.69) is 15.5 Å². The Labute approximate surface area is 108 Å². The topological polar surface area (TPSA) is 47.7 Å². The Morgan fingerprint density at radius 2 is 1.95 bits per heavy atom. The molecule has 0 aromatic carbocycles. The molecule has 1 N–H and O–H groups in total. The lowest BCUT2D eigenvalue weighted by Crippen LogP contribution is -2.07. The molecule has 0 spiro atoms. The standard InChI is InChI=1S/C11H14F3N5/c1-7-9(6-16-18(7)2)15-5-8-4-10(11(12,13)14)17-19(8)3/h4,6,15H,5H2,1-3H3. The summed E-state index contributed by atoms with van der Waals surface area (Å²) in [6.45, 7) is 2.13. The lowest BCUT2D eigenvalue weighted by Gasteiger charge is -2.05. The van der Waals surface area contributed by atoms with Crippen molar-refractivity contribution in [3.05, 3.63) is 29.3 Å². The third-order valence-corrected chi connectivity index (χ3v) is 2.96. The Hall–Kier alpha value is -1.99. The first-order valence-electron chi connectivity index (χ1n) is 5.61. The molecule has 0 fully saturated rings. The van der Waals surface area contributed by atoms with Crippen molar-refractivity contribution in [1.82, 2.24) is 19.6 Å². The second-order valence-corrected chi connectivity index (χ2v) is 4.26. The molecule has 0 amide bonds. The van der Waals surface area contributed by atoms with Gasteiger partial charge in [-0.25, -0.2) is 0 Å². The van der Waals surface area contributed by atoms with E-state index in [4.69, 9.17) is 0 Å². The quantitative estimate of drug-likeness (QED) is 0.931. The Morgan fingerprint density at radius 3 is 2.42 bits per heavy atom. The summed E-state index contributed by atoms with van der Waals surface area (Å²) in [4.78, 5) is 0. The fourth-order valence-electron chi connectivity index (χ4n) is 1.67. The number of aromatic nitrogens is 4. The zero-order valence-corrected chi connectivity index (χ0v) is 10.8. The molecule has 0 radical (unpaired) electrons. The average molecular weight is 273 g/mol. The predicted molar refractivity (Wildman–Crippen MR) is 63.5 cm³/mol. The van der Waals surface area contributed by atoms with E-state index in [0.717, 1.165) is 17.4 Å². The summed E-state index contributed by atoms with van der Waals surface area (Å²) >= 11 is 0. The summed E-state index contributed by atoms with van der Waals surface area (Å²) in [6.07, 6.45) is -2.78. The van der Waals surface area contributed by atoms with E-state index in [1.807, 2.05) is 6.92 Å². The maximum Gasteiger partial charge on any atom is 0.435 e. The molecule has 0 aliphatic heterocycles. The van der Waals surface area contributed by atoms with Crippen LogP contribution in [0.15, 0.2) is 12.3 Å². The number of nitrogens with zero attached hydrogens (tertiary/aromatic N) is 4. The maximum atomic E-state index is 12.5. The SMILES string of the molecule is Cc1c(NCc2cc(C(F)(F)F)nn2C)cnn1C. The molecule has 0 bridgehead atoms. The summed E-state index contributed by atoms with van der Waals surface area (Å²) in [7, 11) is 3.29. The molecule has 104 valence electrons. The highest BCUT2D eigenvalue weighted by Crippen LogP contribution is 2.28. The van der Waals surface area contributed by atoms with Crippen LogP contribution in [0.5, 0.6) is 0 Å². The zero-order chi connectivity index (χ0) is 14.2. The third kappa shape index (κ3) is 2.72. The molecular weight excluding hydrogens is 259 g/mol. The summed E-state index contributed by atoms with van der Waals surface area (Å²) in [5.74, 6) is 0. The minimum atomic E-state index is -4.42.